The van der Waals surface area contributed by atoms with Gasteiger partial charge >= 0.3 is 0 Å². The summed E-state index contributed by atoms with van der Waals surface area (Å²) in [7, 11) is 0. The van der Waals surface area contributed by atoms with Gasteiger partial charge in [-0.3, -0.25) is 0 Å². The maximum atomic E-state index is 5.36. The number of rotatable bonds is 1. The summed E-state index contributed by atoms with van der Waals surface area (Å²) in [6, 6.07) is 0. The monoisotopic (exact) mass is 128 g/mol. The zero-order valence-electron chi connectivity index (χ0n) is 4.72. The molecule has 1 aromatic rings. The zero-order valence-corrected chi connectivity index (χ0v) is 5.53. The Balaban J connectivity index is 2.84. The largest absolute Gasteiger partial charge is 0.375 e. The summed E-state index contributed by atoms with van der Waals surface area (Å²) in [5.74, 6) is 0. The first-order valence-electron chi connectivity index (χ1n) is 2.53. The number of thiazole rings is 1. The first-order valence-corrected chi connectivity index (χ1v) is 3.34. The number of nitrogen functional groups attached to an aromatic ring is 1. The molecule has 0 aliphatic heterocycles. The van der Waals surface area contributed by atoms with E-state index < -0.39 is 0 Å². The molecule has 0 saturated carbocycles. The van der Waals surface area contributed by atoms with Crippen molar-refractivity contribution >= 4 is 16.5 Å². The van der Waals surface area contributed by atoms with Gasteiger partial charge in [0.15, 0.2) is 5.13 Å². The van der Waals surface area contributed by atoms with Crippen LogP contribution in [-0.4, -0.2) is 4.98 Å². The molecular formula is C5H8N2S. The van der Waals surface area contributed by atoms with Crippen molar-refractivity contribution in [2.24, 2.45) is 0 Å². The van der Waals surface area contributed by atoms with Gasteiger partial charge in [0, 0.05) is 11.1 Å². The molecule has 0 spiro atoms. The van der Waals surface area contributed by atoms with Crippen LogP contribution in [0.4, 0.5) is 5.13 Å². The fraction of sp³-hybridized carbons (Fsp3) is 0.400. The molecule has 0 aliphatic carbocycles. The second-order valence-corrected chi connectivity index (χ2v) is 2.67. The molecule has 1 rings (SSSR count). The highest BCUT2D eigenvalue weighted by molar-refractivity contribution is 7.15. The minimum absolute atomic E-state index is 0.668. The van der Waals surface area contributed by atoms with E-state index in [-0.39, 0.29) is 0 Å². The van der Waals surface area contributed by atoms with Crippen molar-refractivity contribution < 1.29 is 0 Å². The number of nitrogens with two attached hydrogens (primary N) is 1. The molecule has 1 aromatic heterocycles. The summed E-state index contributed by atoms with van der Waals surface area (Å²) in [6.45, 7) is 2.09. The Labute approximate surface area is 52.4 Å². The van der Waals surface area contributed by atoms with E-state index in [4.69, 9.17) is 5.73 Å². The summed E-state index contributed by atoms with van der Waals surface area (Å²) < 4.78 is 0. The van der Waals surface area contributed by atoms with Crippen LogP contribution in [0.1, 0.15) is 11.8 Å². The lowest BCUT2D eigenvalue weighted by atomic mass is 10.4. The number of hydrogen-bond donors (Lipinski definition) is 1. The third-order valence-corrected chi connectivity index (χ3v) is 1.89. The summed E-state index contributed by atoms with van der Waals surface area (Å²) in [5, 5.41) is 0.668. The highest BCUT2D eigenvalue weighted by atomic mass is 32.1. The Morgan fingerprint density at radius 3 is 2.88 bits per heavy atom. The van der Waals surface area contributed by atoms with Crippen LogP contribution < -0.4 is 5.73 Å². The van der Waals surface area contributed by atoms with Crippen LogP contribution in [0, 0.1) is 0 Å². The molecule has 0 atom stereocenters. The lowest BCUT2D eigenvalue weighted by Gasteiger charge is -1.78. The highest BCUT2D eigenvalue weighted by Crippen LogP contribution is 2.13. The van der Waals surface area contributed by atoms with Gasteiger partial charge < -0.3 is 5.73 Å². The minimum atomic E-state index is 0.668. The van der Waals surface area contributed by atoms with Crippen LogP contribution in [-0.2, 0) is 6.42 Å². The Kier molecular flexibility index (Phi) is 1.48. The standard InChI is InChI=1S/C5H8N2S/c1-2-4-3-7-5(6)8-4/h3H,2H2,1H3,(H2,6,7). The molecule has 44 valence electrons. The van der Waals surface area contributed by atoms with Gasteiger partial charge in [0.2, 0.25) is 0 Å². The predicted octanol–water partition coefficient (Wildman–Crippen LogP) is 1.29. The number of aromatic nitrogens is 1. The number of aryl methyl sites for hydroxylation is 1. The van der Waals surface area contributed by atoms with Crippen molar-refractivity contribution in [3.8, 4) is 0 Å². The minimum Gasteiger partial charge on any atom is -0.375 e. The lowest BCUT2D eigenvalue weighted by molar-refractivity contribution is 1.17. The van der Waals surface area contributed by atoms with Crippen LogP contribution in [0.15, 0.2) is 6.20 Å². The van der Waals surface area contributed by atoms with E-state index >= 15 is 0 Å². The van der Waals surface area contributed by atoms with E-state index in [9.17, 15) is 0 Å². The van der Waals surface area contributed by atoms with E-state index in [1.807, 2.05) is 6.20 Å². The predicted molar refractivity (Wildman–Crippen MR) is 35.9 cm³/mol. The van der Waals surface area contributed by atoms with Gasteiger partial charge in [0.05, 0.1) is 0 Å². The molecule has 2 nitrogen and oxygen atoms in total. The summed E-state index contributed by atoms with van der Waals surface area (Å²) >= 11 is 1.55. The van der Waals surface area contributed by atoms with E-state index in [0.717, 1.165) is 6.42 Å². The van der Waals surface area contributed by atoms with E-state index in [0.29, 0.717) is 5.13 Å². The molecule has 0 aliphatic rings. The van der Waals surface area contributed by atoms with Crippen LogP contribution in [0.2, 0.25) is 0 Å². The van der Waals surface area contributed by atoms with Crippen molar-refractivity contribution in [2.45, 2.75) is 13.3 Å². The smallest absolute Gasteiger partial charge is 0.180 e. The van der Waals surface area contributed by atoms with Crippen LogP contribution in [0.3, 0.4) is 0 Å². The molecule has 2 N–H and O–H groups in total. The van der Waals surface area contributed by atoms with Gasteiger partial charge in [-0.25, -0.2) is 4.98 Å². The summed E-state index contributed by atoms with van der Waals surface area (Å²) in [5.41, 5.74) is 5.36. The maximum Gasteiger partial charge on any atom is 0.180 e. The zero-order chi connectivity index (χ0) is 5.98. The van der Waals surface area contributed by atoms with Gasteiger partial charge in [-0.2, -0.15) is 0 Å². The normalized spacial score (nSPS) is 9.62. The third-order valence-electron chi connectivity index (χ3n) is 0.920. The second kappa shape index (κ2) is 2.13. The van der Waals surface area contributed by atoms with E-state index in [2.05, 4.69) is 11.9 Å². The molecule has 0 amide bonds. The Bertz CT molecular complexity index is 171. The molecule has 0 fully saturated rings. The van der Waals surface area contributed by atoms with Gasteiger partial charge in [-0.1, -0.05) is 6.92 Å². The van der Waals surface area contributed by atoms with Crippen LogP contribution in [0.5, 0.6) is 0 Å². The molecule has 0 aromatic carbocycles. The van der Waals surface area contributed by atoms with Crippen LogP contribution in [0.25, 0.3) is 0 Å². The quantitative estimate of drug-likeness (QED) is 0.619. The molecule has 0 bridgehead atoms. The summed E-state index contributed by atoms with van der Waals surface area (Å²) in [6.07, 6.45) is 2.86. The third kappa shape index (κ3) is 0.980. The molecule has 0 unspecified atom stereocenters. The number of hydrogen-bond acceptors (Lipinski definition) is 3. The Morgan fingerprint density at radius 1 is 1.88 bits per heavy atom. The maximum absolute atomic E-state index is 5.36. The molecular weight excluding hydrogens is 120 g/mol. The van der Waals surface area contributed by atoms with E-state index in [1.54, 1.807) is 11.3 Å². The van der Waals surface area contributed by atoms with Crippen LogP contribution >= 0.6 is 11.3 Å². The first-order chi connectivity index (χ1) is 3.83. The van der Waals surface area contributed by atoms with Crippen molar-refractivity contribution in [1.82, 2.24) is 4.98 Å². The second-order valence-electron chi connectivity index (χ2n) is 1.52. The average molecular weight is 128 g/mol. The van der Waals surface area contributed by atoms with Crippen molar-refractivity contribution in [3.63, 3.8) is 0 Å². The SMILES string of the molecule is CCc1cnc(N)s1. The van der Waals surface area contributed by atoms with Crippen molar-refractivity contribution in [2.75, 3.05) is 5.73 Å². The molecule has 1 heterocycles. The van der Waals surface area contributed by atoms with E-state index in [1.165, 1.54) is 4.88 Å². The van der Waals surface area contributed by atoms with Crippen molar-refractivity contribution in [3.05, 3.63) is 11.1 Å². The van der Waals surface area contributed by atoms with Gasteiger partial charge in [0.1, 0.15) is 0 Å². The number of nitrogens with zero attached hydrogens (tertiary/aromatic N) is 1. The highest BCUT2D eigenvalue weighted by Gasteiger charge is 1.91. The first kappa shape index (κ1) is 5.56. The average Bonchev–Trinajstić information content (AvgIpc) is 2.14. The van der Waals surface area contributed by atoms with Crippen molar-refractivity contribution in [1.29, 1.82) is 0 Å². The molecule has 3 heteroatoms. The Hall–Kier alpha value is -0.570. The van der Waals surface area contributed by atoms with Gasteiger partial charge in [0.25, 0.3) is 0 Å². The Morgan fingerprint density at radius 2 is 2.62 bits per heavy atom. The number of anilines is 1. The topological polar surface area (TPSA) is 38.9 Å². The molecule has 0 saturated heterocycles. The fourth-order valence-corrected chi connectivity index (χ4v) is 1.11. The lowest BCUT2D eigenvalue weighted by Crippen LogP contribution is -1.77. The molecule has 8 heavy (non-hydrogen) atoms. The fourth-order valence-electron chi connectivity index (χ4n) is 0.486. The van der Waals surface area contributed by atoms with Gasteiger partial charge in [-0.05, 0) is 6.42 Å². The summed E-state index contributed by atoms with van der Waals surface area (Å²) in [4.78, 5) is 5.14. The molecule has 0 radical (unpaired) electrons. The van der Waals surface area contributed by atoms with Gasteiger partial charge in [-0.15, -0.1) is 11.3 Å².